The summed E-state index contributed by atoms with van der Waals surface area (Å²) in [6.45, 7) is 0. The molecule has 4 heteroatoms. The number of hydrogen-bond acceptors (Lipinski definition) is 3. The van der Waals surface area contributed by atoms with Crippen molar-refractivity contribution in [3.63, 3.8) is 0 Å². The Hall–Kier alpha value is -7.30. The topological polar surface area (TPSA) is 19.4 Å². The van der Waals surface area contributed by atoms with Crippen LogP contribution in [0.15, 0.2) is 206 Å². The lowest BCUT2D eigenvalue weighted by molar-refractivity contribution is 0.623. The molecule has 0 radical (unpaired) electrons. The highest BCUT2D eigenvalue weighted by Gasteiger charge is 2.24. The number of rotatable bonds is 8. The van der Waals surface area contributed by atoms with E-state index < -0.39 is 0 Å². The summed E-state index contributed by atoms with van der Waals surface area (Å²) in [6, 6.07) is 69.2. The number of pyridine rings is 1. The number of benzene rings is 9. The first kappa shape index (κ1) is 32.4. The maximum atomic E-state index is 15.6. The summed E-state index contributed by atoms with van der Waals surface area (Å²) in [5.74, 6) is -0.127. The van der Waals surface area contributed by atoms with Crippen LogP contribution in [-0.2, 0) is 0 Å². The van der Waals surface area contributed by atoms with Crippen molar-refractivity contribution < 1.29 is 4.39 Å². The Morgan fingerprint density at radius 3 is 1.33 bits per heavy atom. The maximum Gasteiger partial charge on any atom is 0.174 e. The van der Waals surface area contributed by atoms with Gasteiger partial charge in [-0.2, -0.15) is 0 Å². The fraction of sp³-hybridized carbons (Fsp3) is 0. The quantitative estimate of drug-likeness (QED) is 0.147. The van der Waals surface area contributed by atoms with Crippen molar-refractivity contribution >= 4 is 66.6 Å². The zero-order chi connectivity index (χ0) is 36.7. The second-order valence-electron chi connectivity index (χ2n) is 13.7. The number of anilines is 6. The molecule has 10 rings (SSSR count). The lowest BCUT2D eigenvalue weighted by Crippen LogP contribution is -2.14. The third-order valence-corrected chi connectivity index (χ3v) is 10.5. The van der Waals surface area contributed by atoms with Gasteiger partial charge in [-0.1, -0.05) is 133 Å². The second-order valence-corrected chi connectivity index (χ2v) is 13.7. The van der Waals surface area contributed by atoms with Crippen LogP contribution < -0.4 is 9.80 Å². The third kappa shape index (κ3) is 5.72. The molecule has 0 atom stereocenters. The molecule has 260 valence electrons. The van der Waals surface area contributed by atoms with E-state index >= 15 is 4.39 Å². The largest absolute Gasteiger partial charge is 0.310 e. The normalized spacial score (nSPS) is 11.4. The summed E-state index contributed by atoms with van der Waals surface area (Å²) in [5, 5.41) is 6.69. The lowest BCUT2D eigenvalue weighted by atomic mass is 9.91. The fourth-order valence-corrected chi connectivity index (χ4v) is 7.99. The SMILES string of the molecule is Fc1cccnc1N(c1ccccc1)c1ccc2ccc3c(N(c4ccccc4)c4cc(-c5ccccc5)cc(-c5ccccc5)c4)ccc4ccc1c2c43. The second kappa shape index (κ2) is 13.6. The Balaban J connectivity index is 1.24. The molecule has 9 aromatic carbocycles. The highest BCUT2D eigenvalue weighted by Crippen LogP contribution is 2.48. The Morgan fingerprint density at radius 2 is 0.818 bits per heavy atom. The summed E-state index contributed by atoms with van der Waals surface area (Å²) in [5.41, 5.74) is 9.47. The Kier molecular flexibility index (Phi) is 8.00. The van der Waals surface area contributed by atoms with Gasteiger partial charge in [-0.25, -0.2) is 9.37 Å². The molecule has 0 saturated heterocycles. The van der Waals surface area contributed by atoms with Crippen molar-refractivity contribution in [2.45, 2.75) is 0 Å². The number of halogens is 1. The van der Waals surface area contributed by atoms with Gasteiger partial charge < -0.3 is 4.90 Å². The van der Waals surface area contributed by atoms with E-state index in [4.69, 9.17) is 0 Å². The fourth-order valence-electron chi connectivity index (χ4n) is 7.99. The van der Waals surface area contributed by atoms with Gasteiger partial charge in [0.1, 0.15) is 0 Å². The minimum Gasteiger partial charge on any atom is -0.310 e. The van der Waals surface area contributed by atoms with Crippen LogP contribution in [-0.4, -0.2) is 4.98 Å². The van der Waals surface area contributed by atoms with Crippen LogP contribution >= 0.6 is 0 Å². The number of nitrogens with zero attached hydrogens (tertiary/aromatic N) is 3. The van der Waals surface area contributed by atoms with E-state index in [9.17, 15) is 0 Å². The van der Waals surface area contributed by atoms with E-state index in [2.05, 4.69) is 168 Å². The first-order valence-electron chi connectivity index (χ1n) is 18.5. The number of aromatic nitrogens is 1. The Bertz CT molecular complexity index is 2870. The van der Waals surface area contributed by atoms with Gasteiger partial charge in [0.2, 0.25) is 0 Å². The first-order valence-corrected chi connectivity index (χ1v) is 18.5. The Labute approximate surface area is 319 Å². The molecule has 0 aliphatic rings. The van der Waals surface area contributed by atoms with Gasteiger partial charge in [-0.3, -0.25) is 4.90 Å². The summed E-state index contributed by atoms with van der Waals surface area (Å²) < 4.78 is 15.6. The molecule has 0 saturated carbocycles. The monoisotopic (exact) mass is 707 g/mol. The first-order chi connectivity index (χ1) is 27.2. The zero-order valence-electron chi connectivity index (χ0n) is 29.8. The zero-order valence-corrected chi connectivity index (χ0v) is 29.8. The molecule has 10 aromatic rings. The third-order valence-electron chi connectivity index (χ3n) is 10.5. The van der Waals surface area contributed by atoms with Crippen LogP contribution in [0, 0.1) is 5.82 Å². The van der Waals surface area contributed by atoms with Gasteiger partial charge in [0, 0.05) is 34.0 Å². The van der Waals surface area contributed by atoms with Crippen LogP contribution in [0.3, 0.4) is 0 Å². The summed E-state index contributed by atoms with van der Waals surface area (Å²) >= 11 is 0. The summed E-state index contributed by atoms with van der Waals surface area (Å²) in [6.07, 6.45) is 1.64. The van der Waals surface area contributed by atoms with E-state index in [1.54, 1.807) is 12.3 Å². The van der Waals surface area contributed by atoms with Crippen LogP contribution in [0.1, 0.15) is 0 Å². The Morgan fingerprint density at radius 1 is 0.364 bits per heavy atom. The van der Waals surface area contributed by atoms with Gasteiger partial charge in [-0.05, 0) is 111 Å². The molecule has 0 bridgehead atoms. The van der Waals surface area contributed by atoms with Crippen molar-refractivity contribution in [1.29, 1.82) is 0 Å². The van der Waals surface area contributed by atoms with Crippen molar-refractivity contribution in [2.24, 2.45) is 0 Å². The average Bonchev–Trinajstić information content (AvgIpc) is 3.26. The van der Waals surface area contributed by atoms with Crippen LogP contribution in [0.5, 0.6) is 0 Å². The smallest absolute Gasteiger partial charge is 0.174 e. The molecule has 0 unspecified atom stereocenters. The van der Waals surface area contributed by atoms with E-state index in [0.29, 0.717) is 0 Å². The average molecular weight is 708 g/mol. The molecule has 0 fully saturated rings. The number of para-hydroxylation sites is 2. The van der Waals surface area contributed by atoms with Crippen molar-refractivity contribution in [3.8, 4) is 22.3 Å². The molecular formula is C51H34FN3. The van der Waals surface area contributed by atoms with Crippen LogP contribution in [0.25, 0.3) is 54.6 Å². The van der Waals surface area contributed by atoms with Crippen LogP contribution in [0.4, 0.5) is 38.6 Å². The molecule has 55 heavy (non-hydrogen) atoms. The summed E-state index contributed by atoms with van der Waals surface area (Å²) in [4.78, 5) is 8.86. The predicted octanol–water partition coefficient (Wildman–Crippen LogP) is 14.4. The van der Waals surface area contributed by atoms with Crippen molar-refractivity contribution in [1.82, 2.24) is 4.98 Å². The number of hydrogen-bond donors (Lipinski definition) is 0. The van der Waals surface area contributed by atoms with Crippen molar-refractivity contribution in [3.05, 3.63) is 212 Å². The molecule has 3 nitrogen and oxygen atoms in total. The minimum absolute atomic E-state index is 0.257. The van der Waals surface area contributed by atoms with Gasteiger partial charge in [0.25, 0.3) is 0 Å². The summed E-state index contributed by atoms with van der Waals surface area (Å²) in [7, 11) is 0. The molecule has 0 aliphatic heterocycles. The molecule has 0 spiro atoms. The molecule has 0 amide bonds. The molecule has 0 aliphatic carbocycles. The van der Waals surface area contributed by atoms with Gasteiger partial charge in [0.15, 0.2) is 11.6 Å². The highest BCUT2D eigenvalue weighted by molar-refractivity contribution is 6.28. The van der Waals surface area contributed by atoms with E-state index in [1.165, 1.54) is 6.07 Å². The molecule has 1 aromatic heterocycles. The van der Waals surface area contributed by atoms with Gasteiger partial charge >= 0.3 is 0 Å². The van der Waals surface area contributed by atoms with E-state index in [1.807, 2.05) is 35.2 Å². The minimum atomic E-state index is -0.384. The predicted molar refractivity (Wildman–Crippen MR) is 228 cm³/mol. The van der Waals surface area contributed by atoms with Gasteiger partial charge in [-0.15, -0.1) is 0 Å². The molecule has 1 heterocycles. The maximum absolute atomic E-state index is 15.6. The highest BCUT2D eigenvalue weighted by atomic mass is 19.1. The van der Waals surface area contributed by atoms with E-state index in [0.717, 1.165) is 83.0 Å². The van der Waals surface area contributed by atoms with Crippen molar-refractivity contribution in [2.75, 3.05) is 9.80 Å². The molecular weight excluding hydrogens is 674 g/mol. The van der Waals surface area contributed by atoms with Crippen LogP contribution in [0.2, 0.25) is 0 Å². The molecule has 0 N–H and O–H groups in total. The van der Waals surface area contributed by atoms with E-state index in [-0.39, 0.29) is 11.6 Å². The van der Waals surface area contributed by atoms with Gasteiger partial charge in [0.05, 0.1) is 11.4 Å². The lowest BCUT2D eigenvalue weighted by Gasteiger charge is -2.29. The standard InChI is InChI=1S/C51H34FN3/c52-46-22-13-31-53-51(46)55(42-20-11-4-12-21-42)48-30-26-38-23-27-44-47(29-25-37-24-28-45(48)50(38)49(37)44)54(41-18-9-3-10-19-41)43-33-39(35-14-5-1-6-15-35)32-40(34-43)36-16-7-2-8-17-36/h1-34H.